The first kappa shape index (κ1) is 31.9. The molecule has 0 aromatic heterocycles. The predicted molar refractivity (Wildman–Crippen MR) is 143 cm³/mol. The van der Waals surface area contributed by atoms with E-state index in [1.54, 1.807) is 0 Å². The molecule has 2 heteroatoms. The molecule has 1 atom stereocenters. The molecule has 0 rings (SSSR count). The third-order valence-electron chi connectivity index (χ3n) is 7.09. The monoisotopic (exact) mass is 454 g/mol. The summed E-state index contributed by atoms with van der Waals surface area (Å²) in [4.78, 5) is 0. The largest absolute Gasteiger partial charge is 0.396 e. The summed E-state index contributed by atoms with van der Waals surface area (Å²) in [6.45, 7) is 2.65. The summed E-state index contributed by atoms with van der Waals surface area (Å²) in [5, 5.41) is 18.9. The van der Waals surface area contributed by atoms with Gasteiger partial charge in [0.1, 0.15) is 0 Å². The van der Waals surface area contributed by atoms with Crippen LogP contribution in [0.4, 0.5) is 0 Å². The van der Waals surface area contributed by atoms with E-state index >= 15 is 0 Å². The van der Waals surface area contributed by atoms with Crippen LogP contribution in [-0.4, -0.2) is 22.9 Å². The van der Waals surface area contributed by atoms with E-state index in [0.29, 0.717) is 6.61 Å². The summed E-state index contributed by atoms with van der Waals surface area (Å²) in [5.41, 5.74) is 0. The van der Waals surface area contributed by atoms with Gasteiger partial charge in [-0.1, -0.05) is 161 Å². The van der Waals surface area contributed by atoms with Gasteiger partial charge in [0.05, 0.1) is 6.10 Å². The molecule has 0 aliphatic rings. The molecule has 0 aliphatic heterocycles. The summed E-state index contributed by atoms with van der Waals surface area (Å²) in [5.74, 6) is 0. The van der Waals surface area contributed by atoms with E-state index in [0.717, 1.165) is 19.3 Å². The molecule has 0 spiro atoms. The molecule has 0 radical (unpaired) electrons. The van der Waals surface area contributed by atoms with Crippen LogP contribution in [0.1, 0.15) is 180 Å². The minimum absolute atomic E-state index is 0.0458. The number of aliphatic hydroxyl groups excluding tert-OH is 2. The average molecular weight is 455 g/mol. The highest BCUT2D eigenvalue weighted by molar-refractivity contribution is 4.58. The van der Waals surface area contributed by atoms with Crippen LogP contribution in [0.15, 0.2) is 0 Å². The maximum Gasteiger partial charge on any atom is 0.0540 e. The Morgan fingerprint density at radius 3 is 0.906 bits per heavy atom. The highest BCUT2D eigenvalue weighted by Crippen LogP contribution is 2.16. The fourth-order valence-electron chi connectivity index (χ4n) is 4.80. The molecule has 0 amide bonds. The van der Waals surface area contributed by atoms with E-state index in [4.69, 9.17) is 5.11 Å². The third-order valence-corrected chi connectivity index (χ3v) is 7.09. The zero-order valence-electron chi connectivity index (χ0n) is 22.3. The van der Waals surface area contributed by atoms with Crippen molar-refractivity contribution in [3.8, 4) is 0 Å². The van der Waals surface area contributed by atoms with Gasteiger partial charge in [0, 0.05) is 6.61 Å². The lowest BCUT2D eigenvalue weighted by atomic mass is 10.0. The molecule has 0 bridgehead atoms. The lowest BCUT2D eigenvalue weighted by molar-refractivity contribution is 0.147. The molecule has 2 nitrogen and oxygen atoms in total. The van der Waals surface area contributed by atoms with Crippen molar-refractivity contribution < 1.29 is 10.2 Å². The molecule has 0 saturated carbocycles. The van der Waals surface area contributed by atoms with Crippen LogP contribution in [0.25, 0.3) is 0 Å². The Morgan fingerprint density at radius 1 is 0.375 bits per heavy atom. The zero-order chi connectivity index (χ0) is 23.4. The van der Waals surface area contributed by atoms with Crippen molar-refractivity contribution in [2.24, 2.45) is 0 Å². The zero-order valence-corrected chi connectivity index (χ0v) is 22.3. The number of aliphatic hydroxyl groups is 2. The predicted octanol–water partition coefficient (Wildman–Crippen LogP) is 9.89. The van der Waals surface area contributed by atoms with Crippen LogP contribution < -0.4 is 0 Å². The molecular weight excluding hydrogens is 392 g/mol. The quantitative estimate of drug-likeness (QED) is 0.115. The number of unbranched alkanes of at least 4 members (excludes halogenated alkanes) is 23. The molecule has 0 aromatic carbocycles. The summed E-state index contributed by atoms with van der Waals surface area (Å²) >= 11 is 0. The molecule has 1 unspecified atom stereocenters. The fourth-order valence-corrected chi connectivity index (χ4v) is 4.80. The van der Waals surface area contributed by atoms with Crippen LogP contribution in [0.3, 0.4) is 0 Å². The second-order valence-corrected chi connectivity index (χ2v) is 10.4. The molecule has 0 heterocycles. The van der Waals surface area contributed by atoms with Crippen LogP contribution >= 0.6 is 0 Å². The second-order valence-electron chi connectivity index (χ2n) is 10.4. The van der Waals surface area contributed by atoms with Gasteiger partial charge in [-0.25, -0.2) is 0 Å². The van der Waals surface area contributed by atoms with E-state index in [9.17, 15) is 5.11 Å². The van der Waals surface area contributed by atoms with E-state index in [1.807, 2.05) is 0 Å². The fraction of sp³-hybridized carbons (Fsp3) is 1.00. The SMILES string of the molecule is CCCCCCCCCCCCCCC(O)CCCCCCCCCCCCCCCO. The van der Waals surface area contributed by atoms with Crippen LogP contribution in [0.2, 0.25) is 0 Å². The average Bonchev–Trinajstić information content (AvgIpc) is 2.80. The lowest BCUT2D eigenvalue weighted by Gasteiger charge is -2.10. The summed E-state index contributed by atoms with van der Waals surface area (Å²) in [6, 6.07) is 0. The molecule has 0 aliphatic carbocycles. The maximum atomic E-state index is 10.2. The first-order valence-electron chi connectivity index (χ1n) is 15.1. The van der Waals surface area contributed by atoms with Crippen molar-refractivity contribution in [3.05, 3.63) is 0 Å². The van der Waals surface area contributed by atoms with Crippen molar-refractivity contribution in [2.75, 3.05) is 6.61 Å². The molecule has 0 aromatic rings. The topological polar surface area (TPSA) is 40.5 Å². The highest BCUT2D eigenvalue weighted by atomic mass is 16.3. The van der Waals surface area contributed by atoms with Crippen molar-refractivity contribution >= 4 is 0 Å². The Balaban J connectivity index is 3.13. The minimum Gasteiger partial charge on any atom is -0.396 e. The van der Waals surface area contributed by atoms with E-state index in [2.05, 4.69) is 6.92 Å². The molecule has 0 fully saturated rings. The Bertz CT molecular complexity index is 318. The van der Waals surface area contributed by atoms with Crippen LogP contribution in [-0.2, 0) is 0 Å². The highest BCUT2D eigenvalue weighted by Gasteiger charge is 2.04. The smallest absolute Gasteiger partial charge is 0.0540 e. The standard InChI is InChI=1S/C30H62O2/c1-2-3-4-5-6-7-8-12-15-18-21-24-27-30(32)28-25-22-19-16-13-10-9-11-14-17-20-23-26-29-31/h30-32H,2-29H2,1H3. The summed E-state index contributed by atoms with van der Waals surface area (Å²) < 4.78 is 0. The molecule has 2 N–H and O–H groups in total. The molecular formula is C30H62O2. The van der Waals surface area contributed by atoms with Gasteiger partial charge in [0.15, 0.2) is 0 Å². The molecule has 32 heavy (non-hydrogen) atoms. The van der Waals surface area contributed by atoms with Gasteiger partial charge in [-0.2, -0.15) is 0 Å². The van der Waals surface area contributed by atoms with Crippen LogP contribution in [0, 0.1) is 0 Å². The van der Waals surface area contributed by atoms with Gasteiger partial charge >= 0.3 is 0 Å². The van der Waals surface area contributed by atoms with E-state index in [-0.39, 0.29) is 6.10 Å². The Kier molecular flexibility index (Phi) is 28.9. The first-order chi connectivity index (χ1) is 15.8. The van der Waals surface area contributed by atoms with E-state index < -0.39 is 0 Å². The number of hydrogen-bond acceptors (Lipinski definition) is 2. The van der Waals surface area contributed by atoms with Gasteiger partial charge in [-0.05, 0) is 19.3 Å². The Morgan fingerprint density at radius 2 is 0.625 bits per heavy atom. The van der Waals surface area contributed by atoms with Gasteiger partial charge in [-0.15, -0.1) is 0 Å². The number of hydrogen-bond donors (Lipinski definition) is 2. The van der Waals surface area contributed by atoms with E-state index in [1.165, 1.54) is 154 Å². The van der Waals surface area contributed by atoms with Crippen molar-refractivity contribution in [2.45, 2.75) is 186 Å². The molecule has 194 valence electrons. The van der Waals surface area contributed by atoms with Gasteiger partial charge in [0.2, 0.25) is 0 Å². The summed E-state index contributed by atoms with van der Waals surface area (Å²) in [7, 11) is 0. The van der Waals surface area contributed by atoms with Gasteiger partial charge in [-0.3, -0.25) is 0 Å². The maximum absolute atomic E-state index is 10.2. The van der Waals surface area contributed by atoms with Gasteiger partial charge in [0.25, 0.3) is 0 Å². The summed E-state index contributed by atoms with van der Waals surface area (Å²) in [6.07, 6.45) is 35.7. The Hall–Kier alpha value is -0.0800. The van der Waals surface area contributed by atoms with Crippen molar-refractivity contribution in [3.63, 3.8) is 0 Å². The van der Waals surface area contributed by atoms with Crippen molar-refractivity contribution in [1.82, 2.24) is 0 Å². The minimum atomic E-state index is -0.0458. The second kappa shape index (κ2) is 29.0. The first-order valence-corrected chi connectivity index (χ1v) is 15.1. The molecule has 0 saturated heterocycles. The lowest BCUT2D eigenvalue weighted by Crippen LogP contribution is -2.05. The Labute approximate surface area is 203 Å². The number of rotatable bonds is 28. The third kappa shape index (κ3) is 28.0. The van der Waals surface area contributed by atoms with Crippen LogP contribution in [0.5, 0.6) is 0 Å². The van der Waals surface area contributed by atoms with Crippen molar-refractivity contribution in [1.29, 1.82) is 0 Å². The van der Waals surface area contributed by atoms with Gasteiger partial charge < -0.3 is 10.2 Å². The normalized spacial score (nSPS) is 12.5.